The van der Waals surface area contributed by atoms with Gasteiger partial charge in [0, 0.05) is 36.7 Å². The standard InChI is InChI=1S/C22H24N6O2.HI/c1-3-23-22(26-14-19-15(2)16-8-4-5-10-18(16)29-19)25-13-11-20-27-21(30-28-20)17-9-6-7-12-24-17;/h4-10,12H,3,11,13-14H2,1-2H3,(H2,23,25,26);1H. The van der Waals surface area contributed by atoms with Crippen molar-refractivity contribution in [3.05, 3.63) is 65.8 Å². The second-order valence-corrected chi connectivity index (χ2v) is 6.75. The lowest BCUT2D eigenvalue weighted by Gasteiger charge is -2.10. The Morgan fingerprint density at radius 1 is 1.10 bits per heavy atom. The number of hydrogen-bond acceptors (Lipinski definition) is 6. The molecule has 3 heterocycles. The zero-order valence-electron chi connectivity index (χ0n) is 17.5. The topological polar surface area (TPSA) is 101 Å². The summed E-state index contributed by atoms with van der Waals surface area (Å²) in [5.74, 6) is 2.62. The number of nitrogens with one attached hydrogen (secondary N) is 2. The number of fused-ring (bicyclic) bond motifs is 1. The summed E-state index contributed by atoms with van der Waals surface area (Å²) in [6.45, 7) is 5.93. The molecule has 0 bridgehead atoms. The van der Waals surface area contributed by atoms with Gasteiger partial charge in [-0.15, -0.1) is 24.0 Å². The molecule has 2 N–H and O–H groups in total. The minimum Gasteiger partial charge on any atom is -0.459 e. The van der Waals surface area contributed by atoms with Gasteiger partial charge in [-0.2, -0.15) is 4.98 Å². The van der Waals surface area contributed by atoms with Crippen LogP contribution >= 0.6 is 24.0 Å². The molecule has 0 aliphatic heterocycles. The van der Waals surface area contributed by atoms with Crippen LogP contribution in [0.2, 0.25) is 0 Å². The summed E-state index contributed by atoms with van der Waals surface area (Å²) in [5, 5.41) is 11.7. The van der Waals surface area contributed by atoms with E-state index in [-0.39, 0.29) is 24.0 Å². The van der Waals surface area contributed by atoms with Gasteiger partial charge in [0.25, 0.3) is 5.89 Å². The molecule has 9 heteroatoms. The van der Waals surface area contributed by atoms with Gasteiger partial charge in [0.1, 0.15) is 23.6 Å². The fraction of sp³-hybridized carbons (Fsp3) is 0.273. The summed E-state index contributed by atoms with van der Waals surface area (Å²) in [6.07, 6.45) is 2.30. The van der Waals surface area contributed by atoms with Crippen molar-refractivity contribution in [2.75, 3.05) is 13.1 Å². The Hall–Kier alpha value is -2.95. The van der Waals surface area contributed by atoms with Gasteiger partial charge < -0.3 is 19.6 Å². The number of benzene rings is 1. The molecule has 4 rings (SSSR count). The summed E-state index contributed by atoms with van der Waals surface area (Å²) in [6, 6.07) is 13.6. The lowest BCUT2D eigenvalue weighted by molar-refractivity contribution is 0.421. The van der Waals surface area contributed by atoms with E-state index in [0.717, 1.165) is 28.8 Å². The van der Waals surface area contributed by atoms with E-state index in [1.165, 1.54) is 0 Å². The van der Waals surface area contributed by atoms with Crippen LogP contribution in [0.5, 0.6) is 0 Å². The van der Waals surface area contributed by atoms with Gasteiger partial charge in [0.2, 0.25) is 0 Å². The Labute approximate surface area is 197 Å². The molecule has 0 aliphatic carbocycles. The van der Waals surface area contributed by atoms with Crippen molar-refractivity contribution in [3.8, 4) is 11.6 Å². The minimum atomic E-state index is 0. The number of rotatable bonds is 7. The average Bonchev–Trinajstić information content (AvgIpc) is 3.38. The van der Waals surface area contributed by atoms with E-state index in [0.29, 0.717) is 42.9 Å². The quantitative estimate of drug-likeness (QED) is 0.210. The summed E-state index contributed by atoms with van der Waals surface area (Å²) in [5.41, 5.74) is 2.68. The van der Waals surface area contributed by atoms with E-state index >= 15 is 0 Å². The largest absolute Gasteiger partial charge is 0.459 e. The number of nitrogens with zero attached hydrogens (tertiary/aromatic N) is 4. The number of para-hydroxylation sites is 1. The highest BCUT2D eigenvalue weighted by atomic mass is 127. The van der Waals surface area contributed by atoms with Crippen molar-refractivity contribution in [1.82, 2.24) is 25.8 Å². The van der Waals surface area contributed by atoms with E-state index in [4.69, 9.17) is 8.94 Å². The highest BCUT2D eigenvalue weighted by Crippen LogP contribution is 2.25. The Morgan fingerprint density at radius 2 is 1.94 bits per heavy atom. The molecule has 8 nitrogen and oxygen atoms in total. The predicted molar refractivity (Wildman–Crippen MR) is 130 cm³/mol. The third kappa shape index (κ3) is 5.60. The maximum absolute atomic E-state index is 5.94. The Balaban J connectivity index is 0.00000272. The molecule has 0 saturated carbocycles. The number of hydrogen-bond donors (Lipinski definition) is 2. The zero-order chi connectivity index (χ0) is 20.8. The van der Waals surface area contributed by atoms with Crippen LogP contribution in [-0.2, 0) is 13.0 Å². The van der Waals surface area contributed by atoms with Crippen LogP contribution in [0.3, 0.4) is 0 Å². The third-order valence-electron chi connectivity index (χ3n) is 4.66. The van der Waals surface area contributed by atoms with Gasteiger partial charge >= 0.3 is 0 Å². The van der Waals surface area contributed by atoms with E-state index in [9.17, 15) is 0 Å². The van der Waals surface area contributed by atoms with Crippen molar-refractivity contribution >= 4 is 40.9 Å². The SMILES string of the molecule is CCNC(=NCc1oc2ccccc2c1C)NCCc1noc(-c2ccccn2)n1.I. The first kappa shape index (κ1) is 22.7. The normalized spacial score (nSPS) is 11.4. The van der Waals surface area contributed by atoms with Crippen LogP contribution in [-0.4, -0.2) is 34.2 Å². The van der Waals surface area contributed by atoms with Crippen molar-refractivity contribution in [1.29, 1.82) is 0 Å². The van der Waals surface area contributed by atoms with E-state index in [2.05, 4.69) is 43.7 Å². The first-order chi connectivity index (χ1) is 14.7. The first-order valence-electron chi connectivity index (χ1n) is 9.97. The molecule has 4 aromatic rings. The molecule has 3 aromatic heterocycles. The lowest BCUT2D eigenvalue weighted by Crippen LogP contribution is -2.38. The number of halogens is 1. The number of aromatic nitrogens is 3. The van der Waals surface area contributed by atoms with Crippen LogP contribution in [0, 0.1) is 6.92 Å². The van der Waals surface area contributed by atoms with Gasteiger partial charge in [-0.1, -0.05) is 29.4 Å². The Kier molecular flexibility index (Phi) is 7.99. The molecule has 0 radical (unpaired) electrons. The monoisotopic (exact) mass is 532 g/mol. The highest BCUT2D eigenvalue weighted by Gasteiger charge is 2.11. The molecule has 0 amide bonds. The van der Waals surface area contributed by atoms with Crippen LogP contribution in [0.25, 0.3) is 22.6 Å². The Bertz CT molecular complexity index is 1140. The highest BCUT2D eigenvalue weighted by molar-refractivity contribution is 14.0. The number of aliphatic imine (C=N–C) groups is 1. The van der Waals surface area contributed by atoms with Gasteiger partial charge in [-0.3, -0.25) is 4.98 Å². The summed E-state index contributed by atoms with van der Waals surface area (Å²) in [7, 11) is 0. The first-order valence-corrected chi connectivity index (χ1v) is 9.97. The lowest BCUT2D eigenvalue weighted by atomic mass is 10.1. The number of guanidine groups is 1. The van der Waals surface area contributed by atoms with Crippen LogP contribution < -0.4 is 10.6 Å². The number of aryl methyl sites for hydroxylation is 1. The second kappa shape index (κ2) is 10.9. The molecule has 1 aromatic carbocycles. The van der Waals surface area contributed by atoms with Crippen molar-refractivity contribution in [2.24, 2.45) is 4.99 Å². The molecule has 0 fully saturated rings. The van der Waals surface area contributed by atoms with Gasteiger partial charge in [-0.05, 0) is 32.0 Å². The Morgan fingerprint density at radius 3 is 2.71 bits per heavy atom. The van der Waals surface area contributed by atoms with Gasteiger partial charge in [0.15, 0.2) is 11.8 Å². The van der Waals surface area contributed by atoms with E-state index in [1.54, 1.807) is 6.20 Å². The molecule has 0 saturated heterocycles. The molecule has 31 heavy (non-hydrogen) atoms. The molecule has 0 spiro atoms. The van der Waals surface area contributed by atoms with Gasteiger partial charge in [-0.25, -0.2) is 4.99 Å². The molecule has 162 valence electrons. The fourth-order valence-electron chi connectivity index (χ4n) is 3.11. The molecular weight excluding hydrogens is 507 g/mol. The number of furan rings is 1. The maximum atomic E-state index is 5.94. The van der Waals surface area contributed by atoms with Crippen LogP contribution in [0.1, 0.15) is 24.1 Å². The molecule has 0 unspecified atom stereocenters. The second-order valence-electron chi connectivity index (χ2n) is 6.75. The van der Waals surface area contributed by atoms with Crippen molar-refractivity contribution in [3.63, 3.8) is 0 Å². The van der Waals surface area contributed by atoms with Crippen LogP contribution in [0.4, 0.5) is 0 Å². The van der Waals surface area contributed by atoms with Crippen molar-refractivity contribution < 1.29 is 8.94 Å². The zero-order valence-corrected chi connectivity index (χ0v) is 19.8. The molecule has 0 atom stereocenters. The molecular formula is C22H25IN6O2. The fourth-order valence-corrected chi connectivity index (χ4v) is 3.11. The van der Waals surface area contributed by atoms with E-state index in [1.807, 2.05) is 43.3 Å². The number of pyridine rings is 1. The third-order valence-corrected chi connectivity index (χ3v) is 4.66. The summed E-state index contributed by atoms with van der Waals surface area (Å²) in [4.78, 5) is 13.3. The smallest absolute Gasteiger partial charge is 0.276 e. The van der Waals surface area contributed by atoms with E-state index < -0.39 is 0 Å². The summed E-state index contributed by atoms with van der Waals surface area (Å²) < 4.78 is 11.2. The minimum absolute atomic E-state index is 0. The maximum Gasteiger partial charge on any atom is 0.276 e. The average molecular weight is 532 g/mol. The van der Waals surface area contributed by atoms with Crippen LogP contribution in [0.15, 0.2) is 62.6 Å². The predicted octanol–water partition coefficient (Wildman–Crippen LogP) is 4.10. The van der Waals surface area contributed by atoms with Gasteiger partial charge in [0.05, 0.1) is 0 Å². The molecule has 0 aliphatic rings. The summed E-state index contributed by atoms with van der Waals surface area (Å²) >= 11 is 0. The van der Waals surface area contributed by atoms with Crippen molar-refractivity contribution in [2.45, 2.75) is 26.8 Å².